The topological polar surface area (TPSA) is 80.6 Å². The first-order chi connectivity index (χ1) is 11.6. The SMILES string of the molecule is CCCCCCCCCCCCCCCC[N+](C)(C)C.O=P([O-])(O)O.[Br-].[K+]. The summed E-state index contributed by atoms with van der Waals surface area (Å²) < 4.78 is 9.89. The maximum atomic E-state index is 8.77. The first-order valence-corrected chi connectivity index (χ1v) is 11.7. The molecule has 0 aromatic rings. The number of phosphoric acid groups is 1. The van der Waals surface area contributed by atoms with Crippen LogP contribution in [0.15, 0.2) is 0 Å². The molecular weight excluding hydrogens is 456 g/mol. The number of unbranched alkanes of at least 4 members (excludes halogenated alkanes) is 13. The summed E-state index contributed by atoms with van der Waals surface area (Å²) >= 11 is 0. The van der Waals surface area contributed by atoms with Crippen LogP contribution in [0.4, 0.5) is 0 Å². The Labute approximate surface area is 222 Å². The van der Waals surface area contributed by atoms with Gasteiger partial charge < -0.3 is 36.1 Å². The minimum absolute atomic E-state index is 0. The van der Waals surface area contributed by atoms with Crippen LogP contribution in [0.1, 0.15) is 96.8 Å². The Hall–Kier alpha value is 2.19. The molecule has 0 saturated carbocycles. The van der Waals surface area contributed by atoms with Crippen molar-refractivity contribution in [2.24, 2.45) is 0 Å². The molecule has 162 valence electrons. The summed E-state index contributed by atoms with van der Waals surface area (Å²) in [5.41, 5.74) is 0. The molecule has 0 bridgehead atoms. The third-order valence-corrected chi connectivity index (χ3v) is 4.18. The number of quaternary nitrogens is 1. The molecule has 5 nitrogen and oxygen atoms in total. The quantitative estimate of drug-likeness (QED) is 0.126. The number of rotatable bonds is 15. The number of hydrogen-bond acceptors (Lipinski definition) is 2. The first-order valence-electron chi connectivity index (χ1n) is 10.1. The van der Waals surface area contributed by atoms with E-state index in [0.717, 1.165) is 4.48 Å². The van der Waals surface area contributed by atoms with E-state index in [4.69, 9.17) is 19.2 Å². The minimum atomic E-state index is -4.89. The van der Waals surface area contributed by atoms with E-state index < -0.39 is 7.82 Å². The summed E-state index contributed by atoms with van der Waals surface area (Å²) in [4.78, 5) is 22.9. The molecule has 0 aromatic carbocycles. The van der Waals surface area contributed by atoms with Crippen molar-refractivity contribution in [3.63, 3.8) is 0 Å². The Bertz CT molecular complexity index is 317. The van der Waals surface area contributed by atoms with Gasteiger partial charge in [0.25, 0.3) is 7.82 Å². The monoisotopic (exact) mass is 499 g/mol. The van der Waals surface area contributed by atoms with Gasteiger partial charge in [0, 0.05) is 0 Å². The largest absolute Gasteiger partial charge is 1.00 e. The van der Waals surface area contributed by atoms with Gasteiger partial charge in [-0.05, 0) is 12.8 Å². The molecule has 0 heterocycles. The van der Waals surface area contributed by atoms with Gasteiger partial charge in [0.2, 0.25) is 0 Å². The van der Waals surface area contributed by atoms with Crippen LogP contribution in [-0.2, 0) is 4.57 Å². The second-order valence-electron chi connectivity index (χ2n) is 8.10. The van der Waals surface area contributed by atoms with Crippen molar-refractivity contribution in [1.82, 2.24) is 0 Å². The van der Waals surface area contributed by atoms with Crippen LogP contribution in [0, 0.1) is 0 Å². The Morgan fingerprint density at radius 2 is 0.926 bits per heavy atom. The van der Waals surface area contributed by atoms with Crippen LogP contribution in [0.5, 0.6) is 0 Å². The average Bonchev–Trinajstić information content (AvgIpc) is 2.45. The zero-order valence-electron chi connectivity index (χ0n) is 18.6. The Morgan fingerprint density at radius 1 is 0.704 bits per heavy atom. The molecule has 0 atom stereocenters. The van der Waals surface area contributed by atoms with Gasteiger partial charge in [0.05, 0.1) is 27.7 Å². The Morgan fingerprint density at radius 3 is 1.15 bits per heavy atom. The minimum Gasteiger partial charge on any atom is -1.00 e. The number of halogens is 1. The van der Waals surface area contributed by atoms with Crippen LogP contribution in [-0.4, -0.2) is 42.0 Å². The molecule has 0 radical (unpaired) electrons. The summed E-state index contributed by atoms with van der Waals surface area (Å²) in [6, 6.07) is 0. The first kappa shape index (κ1) is 36.6. The molecule has 0 aliphatic heterocycles. The summed E-state index contributed by atoms with van der Waals surface area (Å²) in [6.07, 6.45) is 20.4. The third kappa shape index (κ3) is 52.5. The second kappa shape index (κ2) is 24.5. The maximum Gasteiger partial charge on any atom is 1.00 e. The van der Waals surface area contributed by atoms with Crippen molar-refractivity contribution in [1.29, 1.82) is 0 Å². The third-order valence-electron chi connectivity index (χ3n) is 4.18. The molecular formula is C19H44BrKNO4P. The van der Waals surface area contributed by atoms with E-state index in [9.17, 15) is 0 Å². The van der Waals surface area contributed by atoms with Gasteiger partial charge in [-0.2, -0.15) is 0 Å². The molecule has 0 aliphatic carbocycles. The molecule has 27 heavy (non-hydrogen) atoms. The maximum absolute atomic E-state index is 8.77. The number of hydrogen-bond donors (Lipinski definition) is 2. The fourth-order valence-electron chi connectivity index (χ4n) is 2.78. The molecule has 8 heteroatoms. The van der Waals surface area contributed by atoms with Gasteiger partial charge in [-0.25, -0.2) is 0 Å². The molecule has 0 amide bonds. The van der Waals surface area contributed by atoms with E-state index >= 15 is 0 Å². The standard InChI is InChI=1S/C19H42N.BrH.K.H3O4P/c1-5-6-7-8-9-10-11-12-13-14-15-16-17-18-19-20(2,3)4;;;1-5(2,3)4/h5-19H2,1-4H3;1H;;(H3,1,2,3,4)/q+1;;+1;/p-2. The van der Waals surface area contributed by atoms with Gasteiger partial charge in [-0.15, -0.1) is 0 Å². The van der Waals surface area contributed by atoms with Crippen molar-refractivity contribution in [3.8, 4) is 0 Å². The normalized spacial score (nSPS) is 11.1. The summed E-state index contributed by atoms with van der Waals surface area (Å²) in [7, 11) is 1.99. The van der Waals surface area contributed by atoms with Crippen molar-refractivity contribution in [2.75, 3.05) is 27.7 Å². The van der Waals surface area contributed by atoms with E-state index in [1.165, 1.54) is 96.4 Å². The van der Waals surface area contributed by atoms with Gasteiger partial charge in [-0.3, -0.25) is 4.57 Å². The predicted octanol–water partition coefficient (Wildman–Crippen LogP) is -1.38. The van der Waals surface area contributed by atoms with Gasteiger partial charge in [0.1, 0.15) is 0 Å². The van der Waals surface area contributed by atoms with Gasteiger partial charge >= 0.3 is 51.4 Å². The van der Waals surface area contributed by atoms with Crippen LogP contribution in [0.25, 0.3) is 0 Å². The molecule has 0 aromatic heterocycles. The molecule has 0 spiro atoms. The summed E-state index contributed by atoms with van der Waals surface area (Å²) in [5, 5.41) is 0. The average molecular weight is 501 g/mol. The van der Waals surface area contributed by atoms with E-state index in [1.54, 1.807) is 0 Å². The zero-order chi connectivity index (χ0) is 19.6. The van der Waals surface area contributed by atoms with E-state index in [-0.39, 0.29) is 68.4 Å². The fourth-order valence-corrected chi connectivity index (χ4v) is 2.78. The Kier molecular flexibility index (Phi) is 33.1. The second-order valence-corrected chi connectivity index (χ2v) is 9.08. The van der Waals surface area contributed by atoms with E-state index in [0.29, 0.717) is 0 Å². The van der Waals surface area contributed by atoms with E-state index in [1.807, 2.05) is 0 Å². The molecule has 0 aliphatic rings. The van der Waals surface area contributed by atoms with E-state index in [2.05, 4.69) is 28.1 Å². The smallest absolute Gasteiger partial charge is 1.00 e. The van der Waals surface area contributed by atoms with Crippen LogP contribution in [0.3, 0.4) is 0 Å². The van der Waals surface area contributed by atoms with Gasteiger partial charge in [-0.1, -0.05) is 84.0 Å². The number of nitrogens with zero attached hydrogens (tertiary/aromatic N) is 1. The predicted molar refractivity (Wildman–Crippen MR) is 105 cm³/mol. The van der Waals surface area contributed by atoms with Crippen LogP contribution < -0.4 is 73.3 Å². The van der Waals surface area contributed by atoms with Gasteiger partial charge in [0.15, 0.2) is 0 Å². The van der Waals surface area contributed by atoms with Crippen LogP contribution in [0.2, 0.25) is 0 Å². The molecule has 2 N–H and O–H groups in total. The van der Waals surface area contributed by atoms with Crippen molar-refractivity contribution in [3.05, 3.63) is 0 Å². The molecule has 0 rings (SSSR count). The van der Waals surface area contributed by atoms with Crippen molar-refractivity contribution >= 4 is 7.82 Å². The molecule has 0 saturated heterocycles. The summed E-state index contributed by atoms with van der Waals surface area (Å²) in [5.74, 6) is 0. The van der Waals surface area contributed by atoms with Crippen LogP contribution >= 0.6 is 7.82 Å². The molecule has 0 fully saturated rings. The Balaban J connectivity index is -0.000000333. The van der Waals surface area contributed by atoms with Crippen molar-refractivity contribution in [2.45, 2.75) is 96.8 Å². The van der Waals surface area contributed by atoms with Crippen molar-refractivity contribution < 1.29 is 92.1 Å². The molecule has 0 unspecified atom stereocenters. The zero-order valence-corrected chi connectivity index (χ0v) is 24.2. The summed E-state index contributed by atoms with van der Waals surface area (Å²) in [6.45, 7) is 3.63. The fraction of sp³-hybridized carbons (Fsp3) is 1.00.